The zero-order valence-corrected chi connectivity index (χ0v) is 13.8. The quantitative estimate of drug-likeness (QED) is 0.757. The lowest BCUT2D eigenvalue weighted by molar-refractivity contribution is 0.601. The predicted octanol–water partition coefficient (Wildman–Crippen LogP) is 3.35. The number of sulfonamides is 1. The van der Waals surface area contributed by atoms with Crippen LogP contribution in [0.3, 0.4) is 0 Å². The first-order chi connectivity index (χ1) is 10.4. The molecule has 3 aromatic rings. The smallest absolute Gasteiger partial charge is 0.305 e. The van der Waals surface area contributed by atoms with Crippen molar-refractivity contribution in [3.05, 3.63) is 56.7 Å². The molecule has 0 aliphatic rings. The Morgan fingerprint density at radius 3 is 2.77 bits per heavy atom. The van der Waals surface area contributed by atoms with Crippen molar-refractivity contribution in [3.8, 4) is 0 Å². The second-order valence-electron chi connectivity index (χ2n) is 4.69. The number of anilines is 1. The van der Waals surface area contributed by atoms with Crippen LogP contribution in [0.4, 0.5) is 5.69 Å². The van der Waals surface area contributed by atoms with Crippen LogP contribution in [0.5, 0.6) is 0 Å². The lowest BCUT2D eigenvalue weighted by Gasteiger charge is -2.11. The van der Waals surface area contributed by atoms with Crippen LogP contribution in [0, 0.1) is 6.92 Å². The SMILES string of the molecule is Cc1c(Cl)cccc1NS(=O)(=O)c1ccc2[nH]c(=O)sc2c1. The molecule has 114 valence electrons. The third kappa shape index (κ3) is 2.75. The maximum atomic E-state index is 12.5. The van der Waals surface area contributed by atoms with Crippen molar-refractivity contribution in [1.82, 2.24) is 4.98 Å². The fraction of sp³-hybridized carbons (Fsp3) is 0.0714. The van der Waals surface area contributed by atoms with Crippen molar-refractivity contribution in [3.63, 3.8) is 0 Å². The number of hydrogen-bond acceptors (Lipinski definition) is 4. The maximum Gasteiger partial charge on any atom is 0.305 e. The van der Waals surface area contributed by atoms with Crippen LogP contribution in [0.15, 0.2) is 46.1 Å². The van der Waals surface area contributed by atoms with Gasteiger partial charge in [-0.15, -0.1) is 0 Å². The molecule has 3 rings (SSSR count). The van der Waals surface area contributed by atoms with E-state index in [4.69, 9.17) is 11.6 Å². The van der Waals surface area contributed by atoms with E-state index in [2.05, 4.69) is 9.71 Å². The van der Waals surface area contributed by atoms with E-state index in [9.17, 15) is 13.2 Å². The van der Waals surface area contributed by atoms with Gasteiger partial charge >= 0.3 is 4.87 Å². The van der Waals surface area contributed by atoms with E-state index < -0.39 is 10.0 Å². The normalized spacial score (nSPS) is 11.7. The third-order valence-corrected chi connectivity index (χ3v) is 5.83. The number of aromatic nitrogens is 1. The average molecular weight is 355 g/mol. The maximum absolute atomic E-state index is 12.5. The summed E-state index contributed by atoms with van der Waals surface area (Å²) in [5.74, 6) is 0. The van der Waals surface area contributed by atoms with Crippen molar-refractivity contribution in [2.45, 2.75) is 11.8 Å². The van der Waals surface area contributed by atoms with E-state index in [1.807, 2.05) is 0 Å². The molecule has 0 saturated carbocycles. The first-order valence-corrected chi connectivity index (χ1v) is 8.95. The molecular formula is C14H11ClN2O3S2. The minimum Gasteiger partial charge on any atom is -0.312 e. The molecule has 1 aromatic heterocycles. The third-order valence-electron chi connectivity index (χ3n) is 3.21. The Bertz CT molecular complexity index is 1020. The summed E-state index contributed by atoms with van der Waals surface area (Å²) in [6.45, 7) is 1.74. The van der Waals surface area contributed by atoms with E-state index in [1.165, 1.54) is 12.1 Å². The fourth-order valence-electron chi connectivity index (χ4n) is 2.01. The fourth-order valence-corrected chi connectivity index (χ4v) is 4.19. The van der Waals surface area contributed by atoms with E-state index in [-0.39, 0.29) is 9.77 Å². The van der Waals surface area contributed by atoms with E-state index in [0.717, 1.165) is 11.3 Å². The minimum atomic E-state index is -3.75. The van der Waals surface area contributed by atoms with E-state index in [1.54, 1.807) is 31.2 Å². The summed E-state index contributed by atoms with van der Waals surface area (Å²) in [7, 11) is -3.75. The summed E-state index contributed by atoms with van der Waals surface area (Å²) >= 11 is 6.97. The van der Waals surface area contributed by atoms with Gasteiger partial charge in [-0.1, -0.05) is 29.0 Å². The largest absolute Gasteiger partial charge is 0.312 e. The molecule has 0 spiro atoms. The van der Waals surface area contributed by atoms with Crippen LogP contribution in [-0.2, 0) is 10.0 Å². The number of hydrogen-bond donors (Lipinski definition) is 2. The van der Waals surface area contributed by atoms with Gasteiger partial charge in [-0.3, -0.25) is 9.52 Å². The summed E-state index contributed by atoms with van der Waals surface area (Å²) in [6.07, 6.45) is 0. The number of aromatic amines is 1. The van der Waals surface area contributed by atoms with Gasteiger partial charge in [-0.2, -0.15) is 0 Å². The summed E-state index contributed by atoms with van der Waals surface area (Å²) in [6, 6.07) is 9.51. The number of rotatable bonds is 3. The highest BCUT2D eigenvalue weighted by Gasteiger charge is 2.17. The number of halogens is 1. The van der Waals surface area contributed by atoms with Gasteiger partial charge in [0.1, 0.15) is 0 Å². The topological polar surface area (TPSA) is 79.0 Å². The molecule has 0 radical (unpaired) electrons. The molecule has 0 unspecified atom stereocenters. The standard InChI is InChI=1S/C14H11ClN2O3S2/c1-8-10(15)3-2-4-11(8)17-22(19,20)9-5-6-12-13(7-9)21-14(18)16-12/h2-7,17H,1H3,(H,16,18). The zero-order chi connectivity index (χ0) is 15.9. The van der Waals surface area contributed by atoms with Gasteiger partial charge in [-0.25, -0.2) is 8.42 Å². The second-order valence-corrected chi connectivity index (χ2v) is 7.79. The lowest BCUT2D eigenvalue weighted by atomic mass is 10.2. The molecule has 0 aliphatic heterocycles. The van der Waals surface area contributed by atoms with Crippen molar-refractivity contribution < 1.29 is 8.42 Å². The number of H-pyrrole nitrogens is 1. The summed E-state index contributed by atoms with van der Waals surface area (Å²) < 4.78 is 28.1. The van der Waals surface area contributed by atoms with Crippen LogP contribution in [-0.4, -0.2) is 13.4 Å². The van der Waals surface area contributed by atoms with Gasteiger partial charge in [-0.05, 0) is 42.8 Å². The van der Waals surface area contributed by atoms with Crippen LogP contribution in [0.1, 0.15) is 5.56 Å². The van der Waals surface area contributed by atoms with Gasteiger partial charge in [0.2, 0.25) is 0 Å². The Morgan fingerprint density at radius 2 is 2.00 bits per heavy atom. The molecule has 0 saturated heterocycles. The summed E-state index contributed by atoms with van der Waals surface area (Å²) in [5.41, 5.74) is 1.70. The lowest BCUT2D eigenvalue weighted by Crippen LogP contribution is -2.13. The first-order valence-electron chi connectivity index (χ1n) is 6.27. The minimum absolute atomic E-state index is 0.0922. The molecule has 2 N–H and O–H groups in total. The zero-order valence-electron chi connectivity index (χ0n) is 11.4. The molecular weight excluding hydrogens is 344 g/mol. The second kappa shape index (κ2) is 5.42. The number of fused-ring (bicyclic) bond motifs is 1. The van der Waals surface area contributed by atoms with Gasteiger partial charge in [0.25, 0.3) is 10.0 Å². The molecule has 1 heterocycles. The molecule has 0 bridgehead atoms. The Kier molecular flexibility index (Phi) is 3.72. The van der Waals surface area contributed by atoms with Gasteiger partial charge < -0.3 is 4.98 Å². The van der Waals surface area contributed by atoms with Crippen molar-refractivity contribution in [1.29, 1.82) is 0 Å². The molecule has 0 aliphatic carbocycles. The van der Waals surface area contributed by atoms with E-state index in [0.29, 0.717) is 26.5 Å². The number of nitrogens with one attached hydrogen (secondary N) is 2. The average Bonchev–Trinajstić information content (AvgIpc) is 2.82. The van der Waals surface area contributed by atoms with Crippen molar-refractivity contribution in [2.24, 2.45) is 0 Å². The molecule has 22 heavy (non-hydrogen) atoms. The highest BCUT2D eigenvalue weighted by molar-refractivity contribution is 7.92. The molecule has 8 heteroatoms. The van der Waals surface area contributed by atoms with Gasteiger partial charge in [0.15, 0.2) is 0 Å². The highest BCUT2D eigenvalue weighted by Crippen LogP contribution is 2.26. The highest BCUT2D eigenvalue weighted by atomic mass is 35.5. The van der Waals surface area contributed by atoms with Crippen molar-refractivity contribution >= 4 is 48.9 Å². The summed E-state index contributed by atoms with van der Waals surface area (Å²) in [5, 5.41) is 0.486. The Morgan fingerprint density at radius 1 is 1.23 bits per heavy atom. The van der Waals surface area contributed by atoms with Crippen LogP contribution >= 0.6 is 22.9 Å². The Balaban J connectivity index is 2.04. The molecule has 0 amide bonds. The van der Waals surface area contributed by atoms with Crippen LogP contribution in [0.2, 0.25) is 5.02 Å². The monoisotopic (exact) mass is 354 g/mol. The van der Waals surface area contributed by atoms with Gasteiger partial charge in [0.05, 0.1) is 20.8 Å². The predicted molar refractivity (Wildman–Crippen MR) is 89.4 cm³/mol. The van der Waals surface area contributed by atoms with Crippen LogP contribution < -0.4 is 9.60 Å². The molecule has 0 atom stereocenters. The summed E-state index contributed by atoms with van der Waals surface area (Å²) in [4.78, 5) is 13.8. The molecule has 5 nitrogen and oxygen atoms in total. The number of thiazole rings is 1. The van der Waals surface area contributed by atoms with Crippen LogP contribution in [0.25, 0.3) is 10.2 Å². The molecule has 2 aromatic carbocycles. The Hall–Kier alpha value is -1.83. The van der Waals surface area contributed by atoms with Gasteiger partial charge in [0, 0.05) is 5.02 Å². The van der Waals surface area contributed by atoms with E-state index >= 15 is 0 Å². The van der Waals surface area contributed by atoms with Crippen molar-refractivity contribution in [2.75, 3.05) is 4.72 Å². The number of benzene rings is 2. The Labute approximate surface area is 135 Å². The first kappa shape index (κ1) is 15.1. The molecule has 0 fully saturated rings.